The molecule has 2 rings (SSSR count). The van der Waals surface area contributed by atoms with Crippen LogP contribution in [0.3, 0.4) is 0 Å². The molecular formula is C26H36N2O3. The minimum Gasteiger partial charge on any atom is -0.484 e. The molecule has 0 saturated carbocycles. The van der Waals surface area contributed by atoms with E-state index in [0.717, 1.165) is 12.0 Å². The third kappa shape index (κ3) is 8.08. The van der Waals surface area contributed by atoms with Gasteiger partial charge in [-0.2, -0.15) is 0 Å². The van der Waals surface area contributed by atoms with Gasteiger partial charge in [-0.15, -0.1) is 0 Å². The van der Waals surface area contributed by atoms with E-state index in [1.165, 1.54) is 5.56 Å². The van der Waals surface area contributed by atoms with Crippen LogP contribution in [0, 0.1) is 0 Å². The van der Waals surface area contributed by atoms with Gasteiger partial charge in [0.2, 0.25) is 5.91 Å². The van der Waals surface area contributed by atoms with Gasteiger partial charge in [-0.1, -0.05) is 56.3 Å². The maximum Gasteiger partial charge on any atom is 0.261 e. The number of rotatable bonds is 10. The lowest BCUT2D eigenvalue weighted by molar-refractivity contribution is -0.142. The minimum atomic E-state index is -0.540. The van der Waals surface area contributed by atoms with Gasteiger partial charge in [-0.05, 0) is 63.3 Å². The molecule has 0 radical (unpaired) electrons. The first-order valence-electron chi connectivity index (χ1n) is 11.1. The van der Waals surface area contributed by atoms with Gasteiger partial charge in [0.15, 0.2) is 6.61 Å². The van der Waals surface area contributed by atoms with Gasteiger partial charge >= 0.3 is 0 Å². The van der Waals surface area contributed by atoms with Crippen molar-refractivity contribution in [3.05, 3.63) is 65.7 Å². The zero-order valence-corrected chi connectivity index (χ0v) is 19.5. The summed E-state index contributed by atoms with van der Waals surface area (Å²) >= 11 is 0. The molecule has 0 aliphatic carbocycles. The van der Waals surface area contributed by atoms with Crippen LogP contribution < -0.4 is 10.1 Å². The van der Waals surface area contributed by atoms with Crippen LogP contribution in [0.2, 0.25) is 0 Å². The molecule has 0 saturated heterocycles. The molecule has 5 heteroatoms. The Morgan fingerprint density at radius 1 is 0.968 bits per heavy atom. The quantitative estimate of drug-likeness (QED) is 0.615. The van der Waals surface area contributed by atoms with Crippen molar-refractivity contribution in [1.82, 2.24) is 10.2 Å². The number of nitrogens with one attached hydrogen (secondary N) is 1. The standard InChI is InChI=1S/C26H36N2O3/c1-6-20-13-15-22(16-14-20)31-19-24(29)28(18-17-21-11-9-8-10-12-21)23(7-2)25(30)27-26(3,4)5/h8-16,23H,6-7,17-19H2,1-5H3,(H,27,30). The Kier molecular flexibility index (Phi) is 9.10. The molecule has 0 bridgehead atoms. The van der Waals surface area contributed by atoms with E-state index in [-0.39, 0.29) is 24.0 Å². The van der Waals surface area contributed by atoms with Gasteiger partial charge in [0, 0.05) is 12.1 Å². The summed E-state index contributed by atoms with van der Waals surface area (Å²) in [5.41, 5.74) is 1.98. The Morgan fingerprint density at radius 3 is 2.16 bits per heavy atom. The van der Waals surface area contributed by atoms with Crippen LogP contribution in [0.4, 0.5) is 0 Å². The summed E-state index contributed by atoms with van der Waals surface area (Å²) in [5, 5.41) is 3.02. The zero-order valence-electron chi connectivity index (χ0n) is 19.5. The second-order valence-corrected chi connectivity index (χ2v) is 8.77. The number of hydrogen-bond acceptors (Lipinski definition) is 3. The molecule has 1 atom stereocenters. The molecule has 1 N–H and O–H groups in total. The van der Waals surface area contributed by atoms with Crippen LogP contribution in [0.25, 0.3) is 0 Å². The smallest absolute Gasteiger partial charge is 0.261 e. The van der Waals surface area contributed by atoms with Gasteiger partial charge in [0.25, 0.3) is 5.91 Å². The summed E-state index contributed by atoms with van der Waals surface area (Å²) in [6, 6.07) is 17.2. The highest BCUT2D eigenvalue weighted by atomic mass is 16.5. The van der Waals surface area contributed by atoms with Crippen LogP contribution in [-0.4, -0.2) is 41.4 Å². The lowest BCUT2D eigenvalue weighted by Crippen LogP contribution is -2.54. The summed E-state index contributed by atoms with van der Waals surface area (Å²) in [7, 11) is 0. The number of ether oxygens (including phenoxy) is 1. The SMILES string of the molecule is CCc1ccc(OCC(=O)N(CCc2ccccc2)C(CC)C(=O)NC(C)(C)C)cc1. The van der Waals surface area contributed by atoms with E-state index in [4.69, 9.17) is 4.74 Å². The molecule has 0 spiro atoms. The molecule has 1 unspecified atom stereocenters. The van der Waals surface area contributed by atoms with Crippen LogP contribution in [0.5, 0.6) is 5.75 Å². The number of hydrogen-bond donors (Lipinski definition) is 1. The largest absolute Gasteiger partial charge is 0.484 e. The molecule has 168 valence electrons. The molecular weight excluding hydrogens is 388 g/mol. The fourth-order valence-electron chi connectivity index (χ4n) is 3.40. The molecule has 0 fully saturated rings. The van der Waals surface area contributed by atoms with E-state index in [0.29, 0.717) is 25.1 Å². The fourth-order valence-corrected chi connectivity index (χ4v) is 3.40. The summed E-state index contributed by atoms with van der Waals surface area (Å²) < 4.78 is 5.75. The van der Waals surface area contributed by atoms with Crippen molar-refractivity contribution in [1.29, 1.82) is 0 Å². The summed E-state index contributed by atoms with van der Waals surface area (Å²) in [4.78, 5) is 27.8. The third-order valence-electron chi connectivity index (χ3n) is 5.06. The molecule has 31 heavy (non-hydrogen) atoms. The minimum absolute atomic E-state index is 0.0977. The highest BCUT2D eigenvalue weighted by molar-refractivity contribution is 5.88. The number of aryl methyl sites for hydroxylation is 1. The predicted octanol–water partition coefficient (Wildman–Crippen LogP) is 4.39. The Labute approximate surface area is 186 Å². The van der Waals surface area contributed by atoms with Crippen molar-refractivity contribution in [3.63, 3.8) is 0 Å². The van der Waals surface area contributed by atoms with Crippen molar-refractivity contribution in [2.75, 3.05) is 13.2 Å². The van der Waals surface area contributed by atoms with E-state index in [9.17, 15) is 9.59 Å². The monoisotopic (exact) mass is 424 g/mol. The molecule has 2 aromatic carbocycles. The first-order valence-corrected chi connectivity index (χ1v) is 11.1. The fraction of sp³-hybridized carbons (Fsp3) is 0.462. The molecule has 0 aliphatic heterocycles. The number of carbonyl (C=O) groups excluding carboxylic acids is 2. The Balaban J connectivity index is 2.13. The van der Waals surface area contributed by atoms with Gasteiger partial charge < -0.3 is 15.0 Å². The molecule has 0 heterocycles. The maximum absolute atomic E-state index is 13.2. The van der Waals surface area contributed by atoms with Crippen LogP contribution in [-0.2, 0) is 22.4 Å². The first kappa shape index (κ1) is 24.4. The van der Waals surface area contributed by atoms with Crippen molar-refractivity contribution < 1.29 is 14.3 Å². The van der Waals surface area contributed by atoms with Gasteiger partial charge in [0.05, 0.1) is 0 Å². The van der Waals surface area contributed by atoms with Crippen molar-refractivity contribution >= 4 is 11.8 Å². The van der Waals surface area contributed by atoms with Crippen LogP contribution >= 0.6 is 0 Å². The van der Waals surface area contributed by atoms with Crippen molar-refractivity contribution in [2.45, 2.75) is 65.5 Å². The average molecular weight is 425 g/mol. The molecule has 5 nitrogen and oxygen atoms in total. The zero-order chi connectivity index (χ0) is 22.9. The molecule has 2 amide bonds. The average Bonchev–Trinajstić information content (AvgIpc) is 2.74. The topological polar surface area (TPSA) is 58.6 Å². The number of carbonyl (C=O) groups is 2. The van der Waals surface area contributed by atoms with E-state index >= 15 is 0 Å². The summed E-state index contributed by atoms with van der Waals surface area (Å²) in [5.74, 6) is 0.330. The lowest BCUT2D eigenvalue weighted by atomic mass is 10.1. The Hall–Kier alpha value is -2.82. The van der Waals surface area contributed by atoms with E-state index in [1.54, 1.807) is 4.90 Å². The highest BCUT2D eigenvalue weighted by Crippen LogP contribution is 2.15. The second kappa shape index (κ2) is 11.5. The second-order valence-electron chi connectivity index (χ2n) is 8.77. The summed E-state index contributed by atoms with van der Waals surface area (Å²) in [6.45, 7) is 10.2. The Morgan fingerprint density at radius 2 is 1.61 bits per heavy atom. The first-order chi connectivity index (χ1) is 14.7. The normalized spacial score (nSPS) is 12.2. The maximum atomic E-state index is 13.2. The van der Waals surface area contributed by atoms with Gasteiger partial charge in [0.1, 0.15) is 11.8 Å². The lowest BCUT2D eigenvalue weighted by Gasteiger charge is -2.33. The number of benzene rings is 2. The van der Waals surface area contributed by atoms with E-state index in [2.05, 4.69) is 12.2 Å². The third-order valence-corrected chi connectivity index (χ3v) is 5.06. The number of nitrogens with zero attached hydrogens (tertiary/aromatic N) is 1. The molecule has 2 aromatic rings. The van der Waals surface area contributed by atoms with Crippen molar-refractivity contribution in [2.24, 2.45) is 0 Å². The van der Waals surface area contributed by atoms with Gasteiger partial charge in [-0.25, -0.2) is 0 Å². The predicted molar refractivity (Wildman–Crippen MR) is 125 cm³/mol. The van der Waals surface area contributed by atoms with E-state index < -0.39 is 6.04 Å². The van der Waals surface area contributed by atoms with Crippen LogP contribution in [0.15, 0.2) is 54.6 Å². The number of amides is 2. The van der Waals surface area contributed by atoms with Crippen LogP contribution in [0.1, 0.15) is 52.2 Å². The molecule has 0 aromatic heterocycles. The Bertz CT molecular complexity index is 826. The molecule has 0 aliphatic rings. The van der Waals surface area contributed by atoms with E-state index in [1.807, 2.05) is 82.3 Å². The highest BCUT2D eigenvalue weighted by Gasteiger charge is 2.30. The summed E-state index contributed by atoms with van der Waals surface area (Å²) in [6.07, 6.45) is 2.16. The van der Waals surface area contributed by atoms with Crippen molar-refractivity contribution in [3.8, 4) is 5.75 Å². The van der Waals surface area contributed by atoms with Gasteiger partial charge in [-0.3, -0.25) is 9.59 Å².